The molecule has 0 spiro atoms. The molecule has 0 saturated heterocycles. The van der Waals surface area contributed by atoms with Gasteiger partial charge >= 0.3 is 6.18 Å². The largest absolute Gasteiger partial charge is 0.451 e. The third-order valence-corrected chi connectivity index (χ3v) is 3.25. The van der Waals surface area contributed by atoms with Crippen LogP contribution in [0.15, 0.2) is 22.9 Å². The Bertz CT molecular complexity index is 569. The van der Waals surface area contributed by atoms with Crippen molar-refractivity contribution in [1.82, 2.24) is 9.97 Å². The van der Waals surface area contributed by atoms with E-state index in [1.165, 1.54) is 6.07 Å². The lowest BCUT2D eigenvalue weighted by molar-refractivity contribution is -0.144. The fraction of sp³-hybridized carbons (Fsp3) is 0.333. The zero-order chi connectivity index (χ0) is 14.8. The normalized spacial score (nSPS) is 13.2. The Balaban J connectivity index is 2.11. The highest BCUT2D eigenvalue weighted by Crippen LogP contribution is 2.27. The van der Waals surface area contributed by atoms with Crippen LogP contribution in [0.4, 0.5) is 24.8 Å². The Kier molecular flexibility index (Phi) is 4.12. The summed E-state index contributed by atoms with van der Waals surface area (Å²) in [6.07, 6.45) is -3.92. The first kappa shape index (κ1) is 14.6. The molecule has 0 aromatic carbocycles. The van der Waals surface area contributed by atoms with Gasteiger partial charge in [-0.15, -0.1) is 0 Å². The third-order valence-electron chi connectivity index (χ3n) is 2.52. The maximum atomic E-state index is 12.6. The summed E-state index contributed by atoms with van der Waals surface area (Å²) in [4.78, 5) is 6.64. The fourth-order valence-corrected chi connectivity index (χ4v) is 2.41. The molecule has 0 saturated carbocycles. The van der Waals surface area contributed by atoms with Crippen molar-refractivity contribution in [3.8, 4) is 0 Å². The molecule has 1 unspecified atom stereocenters. The molecule has 0 aliphatic rings. The van der Waals surface area contributed by atoms with Crippen molar-refractivity contribution in [2.24, 2.45) is 0 Å². The number of hydrogen-bond donors (Lipinski definition) is 2. The van der Waals surface area contributed by atoms with Crippen LogP contribution in [0.1, 0.15) is 18.3 Å². The Morgan fingerprint density at radius 3 is 2.75 bits per heavy atom. The predicted octanol–water partition coefficient (Wildman–Crippen LogP) is 3.18. The summed E-state index contributed by atoms with van der Waals surface area (Å²) in [5.41, 5.74) is 6.50. The summed E-state index contributed by atoms with van der Waals surface area (Å²) in [6.45, 7) is 1.86. The van der Waals surface area contributed by atoms with Crippen LogP contribution >= 0.6 is 11.3 Å². The quantitative estimate of drug-likeness (QED) is 0.910. The number of nitrogens with two attached hydrogens (primary N) is 1. The first-order valence-corrected chi connectivity index (χ1v) is 6.78. The van der Waals surface area contributed by atoms with Gasteiger partial charge in [0.2, 0.25) is 5.82 Å². The molecule has 0 amide bonds. The molecular weight excluding hydrogens is 289 g/mol. The van der Waals surface area contributed by atoms with Crippen molar-refractivity contribution >= 4 is 23.0 Å². The van der Waals surface area contributed by atoms with Crippen LogP contribution in [-0.4, -0.2) is 16.0 Å². The van der Waals surface area contributed by atoms with E-state index in [2.05, 4.69) is 15.3 Å². The van der Waals surface area contributed by atoms with Gasteiger partial charge in [-0.2, -0.15) is 24.5 Å². The molecule has 0 fully saturated rings. The maximum absolute atomic E-state index is 12.6. The van der Waals surface area contributed by atoms with Gasteiger partial charge in [-0.05, 0) is 35.7 Å². The molecule has 8 heteroatoms. The minimum Gasteiger partial charge on any atom is -0.384 e. The van der Waals surface area contributed by atoms with E-state index in [-0.39, 0.29) is 17.7 Å². The highest BCUT2D eigenvalue weighted by Gasteiger charge is 2.35. The van der Waals surface area contributed by atoms with Crippen molar-refractivity contribution in [3.05, 3.63) is 34.3 Å². The van der Waals surface area contributed by atoms with Gasteiger partial charge in [-0.25, -0.2) is 9.97 Å². The number of nitrogen functional groups attached to an aromatic ring is 1. The van der Waals surface area contributed by atoms with E-state index in [0.29, 0.717) is 6.42 Å². The summed E-state index contributed by atoms with van der Waals surface area (Å²) in [5.74, 6) is -1.37. The molecule has 3 N–H and O–H groups in total. The van der Waals surface area contributed by atoms with E-state index in [9.17, 15) is 13.2 Å². The lowest BCUT2D eigenvalue weighted by Gasteiger charge is -2.15. The molecule has 108 valence electrons. The number of thiophene rings is 1. The molecular formula is C12H13F3N4S. The Morgan fingerprint density at radius 1 is 1.40 bits per heavy atom. The third kappa shape index (κ3) is 3.83. The Morgan fingerprint density at radius 2 is 2.15 bits per heavy atom. The highest BCUT2D eigenvalue weighted by atomic mass is 32.1. The predicted molar refractivity (Wildman–Crippen MR) is 72.6 cm³/mol. The number of nitrogens with zero attached hydrogens (tertiary/aromatic N) is 2. The van der Waals surface area contributed by atoms with Crippen LogP contribution in [0.2, 0.25) is 0 Å². The Hall–Kier alpha value is -1.83. The molecule has 1 atom stereocenters. The molecule has 0 radical (unpaired) electrons. The smallest absolute Gasteiger partial charge is 0.384 e. The number of rotatable bonds is 4. The minimum atomic E-state index is -4.61. The van der Waals surface area contributed by atoms with E-state index in [0.717, 1.165) is 5.56 Å². The van der Waals surface area contributed by atoms with Gasteiger partial charge in [-0.1, -0.05) is 0 Å². The topological polar surface area (TPSA) is 63.8 Å². The number of aromatic nitrogens is 2. The SMILES string of the molecule is CC(Cc1ccsc1)Nc1cc(N)nc(C(F)(F)F)n1. The summed E-state index contributed by atoms with van der Waals surface area (Å²) in [7, 11) is 0. The fourth-order valence-electron chi connectivity index (χ4n) is 1.73. The molecule has 4 nitrogen and oxygen atoms in total. The maximum Gasteiger partial charge on any atom is 0.451 e. The van der Waals surface area contributed by atoms with E-state index in [1.807, 2.05) is 23.8 Å². The van der Waals surface area contributed by atoms with Gasteiger partial charge in [0, 0.05) is 12.1 Å². The zero-order valence-electron chi connectivity index (χ0n) is 10.6. The van der Waals surface area contributed by atoms with Gasteiger partial charge in [0.25, 0.3) is 0 Å². The second kappa shape index (κ2) is 5.66. The van der Waals surface area contributed by atoms with Crippen molar-refractivity contribution in [3.63, 3.8) is 0 Å². The van der Waals surface area contributed by atoms with Crippen LogP contribution in [-0.2, 0) is 12.6 Å². The van der Waals surface area contributed by atoms with Crippen molar-refractivity contribution < 1.29 is 13.2 Å². The summed E-state index contributed by atoms with van der Waals surface area (Å²) >= 11 is 1.57. The molecule has 2 aromatic rings. The van der Waals surface area contributed by atoms with Gasteiger partial charge in [-0.3, -0.25) is 0 Å². The van der Waals surface area contributed by atoms with Crippen molar-refractivity contribution in [2.45, 2.75) is 25.6 Å². The molecule has 2 heterocycles. The lowest BCUT2D eigenvalue weighted by atomic mass is 10.1. The second-order valence-electron chi connectivity index (χ2n) is 4.38. The molecule has 0 aliphatic heterocycles. The van der Waals surface area contributed by atoms with Crippen LogP contribution in [0.5, 0.6) is 0 Å². The lowest BCUT2D eigenvalue weighted by Crippen LogP contribution is -2.21. The Labute approximate surface area is 117 Å². The van der Waals surface area contributed by atoms with Crippen molar-refractivity contribution in [1.29, 1.82) is 0 Å². The van der Waals surface area contributed by atoms with E-state index in [1.54, 1.807) is 11.3 Å². The first-order valence-electron chi connectivity index (χ1n) is 5.84. The van der Waals surface area contributed by atoms with Crippen LogP contribution in [0, 0.1) is 0 Å². The van der Waals surface area contributed by atoms with E-state index < -0.39 is 12.0 Å². The van der Waals surface area contributed by atoms with E-state index in [4.69, 9.17) is 5.73 Å². The molecule has 20 heavy (non-hydrogen) atoms. The number of hydrogen-bond acceptors (Lipinski definition) is 5. The summed E-state index contributed by atoms with van der Waals surface area (Å²) < 4.78 is 37.8. The monoisotopic (exact) mass is 302 g/mol. The summed E-state index contributed by atoms with van der Waals surface area (Å²) in [6, 6.07) is 3.19. The van der Waals surface area contributed by atoms with Gasteiger partial charge in [0.1, 0.15) is 11.6 Å². The average molecular weight is 302 g/mol. The van der Waals surface area contributed by atoms with Gasteiger partial charge in [0.15, 0.2) is 0 Å². The number of alkyl halides is 3. The molecule has 0 aliphatic carbocycles. The molecule has 2 rings (SSSR count). The minimum absolute atomic E-state index is 0.0695. The van der Waals surface area contributed by atoms with Crippen LogP contribution in [0.3, 0.4) is 0 Å². The van der Waals surface area contributed by atoms with Crippen molar-refractivity contribution in [2.75, 3.05) is 11.1 Å². The number of anilines is 2. The highest BCUT2D eigenvalue weighted by molar-refractivity contribution is 7.07. The van der Waals surface area contributed by atoms with Gasteiger partial charge in [0.05, 0.1) is 0 Å². The van der Waals surface area contributed by atoms with Crippen LogP contribution < -0.4 is 11.1 Å². The standard InChI is InChI=1S/C12H13F3N4S/c1-7(4-8-2-3-20-6-8)17-10-5-9(16)18-11(19-10)12(13,14)15/h2-3,5-7H,4H2,1H3,(H3,16,17,18,19). The number of nitrogens with one attached hydrogen (secondary N) is 1. The van der Waals surface area contributed by atoms with Crippen LogP contribution in [0.25, 0.3) is 0 Å². The van der Waals surface area contributed by atoms with Gasteiger partial charge < -0.3 is 11.1 Å². The molecule has 0 bridgehead atoms. The van der Waals surface area contributed by atoms with E-state index >= 15 is 0 Å². The average Bonchev–Trinajstić information content (AvgIpc) is 2.79. The summed E-state index contributed by atoms with van der Waals surface area (Å²) in [5, 5.41) is 6.85. The first-order chi connectivity index (χ1) is 9.34. The second-order valence-corrected chi connectivity index (χ2v) is 5.16. The molecule has 2 aromatic heterocycles. The zero-order valence-corrected chi connectivity index (χ0v) is 11.4. The number of halogens is 3.